The van der Waals surface area contributed by atoms with E-state index in [1.807, 2.05) is 37.3 Å². The Morgan fingerprint density at radius 1 is 1.35 bits per heavy atom. The van der Waals surface area contributed by atoms with Gasteiger partial charge in [-0.3, -0.25) is 4.79 Å². The number of aryl methyl sites for hydroxylation is 2. The predicted molar refractivity (Wildman–Crippen MR) is 95.6 cm³/mol. The van der Waals surface area contributed by atoms with Gasteiger partial charge in [0, 0.05) is 31.2 Å². The Hall–Kier alpha value is -2.67. The van der Waals surface area contributed by atoms with Gasteiger partial charge in [-0.25, -0.2) is 4.98 Å². The molecular weight excluding hydrogens is 332 g/mol. The van der Waals surface area contributed by atoms with Crippen LogP contribution in [-0.2, 0) is 22.4 Å². The highest BCUT2D eigenvalue weighted by Crippen LogP contribution is 2.20. The van der Waals surface area contributed by atoms with Crippen LogP contribution in [0.4, 0.5) is 0 Å². The van der Waals surface area contributed by atoms with Crippen LogP contribution in [0, 0.1) is 12.8 Å². The van der Waals surface area contributed by atoms with E-state index in [0.29, 0.717) is 26.1 Å². The van der Waals surface area contributed by atoms with Crippen LogP contribution in [0.1, 0.15) is 23.7 Å². The predicted octanol–water partition coefficient (Wildman–Crippen LogP) is 2.17. The van der Waals surface area contributed by atoms with Gasteiger partial charge in [0.1, 0.15) is 11.6 Å². The van der Waals surface area contributed by atoms with Crippen molar-refractivity contribution in [2.45, 2.75) is 32.2 Å². The van der Waals surface area contributed by atoms with Gasteiger partial charge < -0.3 is 19.6 Å². The zero-order chi connectivity index (χ0) is 17.9. The van der Waals surface area contributed by atoms with Crippen molar-refractivity contribution < 1.29 is 14.1 Å². The summed E-state index contributed by atoms with van der Waals surface area (Å²) < 4.78 is 10.8. The largest absolute Gasteiger partial charge is 0.379 e. The first-order valence-electron chi connectivity index (χ1n) is 8.90. The van der Waals surface area contributed by atoms with Gasteiger partial charge in [-0.2, -0.15) is 0 Å². The number of benzene rings is 1. The topological polar surface area (TPSA) is 93.0 Å². The van der Waals surface area contributed by atoms with Crippen LogP contribution in [0.2, 0.25) is 0 Å². The number of fused-ring (bicyclic) bond motifs is 1. The number of ether oxygens (including phenoxy) is 1. The Morgan fingerprint density at radius 3 is 3.04 bits per heavy atom. The number of carbonyl (C=O) groups is 1. The molecule has 2 N–H and O–H groups in total. The van der Waals surface area contributed by atoms with E-state index < -0.39 is 0 Å². The minimum atomic E-state index is 0.00331. The average molecular weight is 354 g/mol. The lowest BCUT2D eigenvalue weighted by Crippen LogP contribution is -2.40. The second kappa shape index (κ2) is 7.29. The van der Waals surface area contributed by atoms with E-state index in [0.717, 1.165) is 34.7 Å². The molecule has 3 aromatic rings. The highest BCUT2D eigenvalue weighted by molar-refractivity contribution is 5.77. The Bertz CT molecular complexity index is 868. The molecule has 1 fully saturated rings. The van der Waals surface area contributed by atoms with Crippen LogP contribution in [0.25, 0.3) is 11.0 Å². The molecule has 4 rings (SSSR count). The number of aromatic amines is 1. The van der Waals surface area contributed by atoms with Crippen molar-refractivity contribution in [3.05, 3.63) is 47.6 Å². The normalized spacial score (nSPS) is 19.9. The van der Waals surface area contributed by atoms with Gasteiger partial charge in [0.05, 0.1) is 36.0 Å². The maximum Gasteiger partial charge on any atom is 0.220 e. The fourth-order valence-electron chi connectivity index (χ4n) is 3.37. The number of carbonyl (C=O) groups excluding carboxylic acids is 1. The lowest BCUT2D eigenvalue weighted by atomic mass is 9.98. The van der Waals surface area contributed by atoms with Crippen molar-refractivity contribution in [3.63, 3.8) is 0 Å². The van der Waals surface area contributed by atoms with E-state index in [1.165, 1.54) is 0 Å². The van der Waals surface area contributed by atoms with Gasteiger partial charge >= 0.3 is 0 Å². The van der Waals surface area contributed by atoms with Crippen molar-refractivity contribution in [1.29, 1.82) is 0 Å². The number of imidazole rings is 1. The number of hydrogen-bond donors (Lipinski definition) is 2. The van der Waals surface area contributed by atoms with Crippen LogP contribution in [0.15, 0.2) is 34.9 Å². The molecule has 2 aromatic heterocycles. The van der Waals surface area contributed by atoms with E-state index in [1.54, 1.807) is 0 Å². The highest BCUT2D eigenvalue weighted by atomic mass is 16.5. The first-order valence-corrected chi connectivity index (χ1v) is 8.90. The van der Waals surface area contributed by atoms with Gasteiger partial charge in [0.25, 0.3) is 0 Å². The Morgan fingerprint density at radius 2 is 2.23 bits per heavy atom. The first kappa shape index (κ1) is 16.8. The van der Waals surface area contributed by atoms with Crippen molar-refractivity contribution in [2.24, 2.45) is 5.92 Å². The summed E-state index contributed by atoms with van der Waals surface area (Å²) in [5, 5.41) is 7.00. The second-order valence-corrected chi connectivity index (χ2v) is 6.81. The number of aromatic nitrogens is 3. The SMILES string of the molecule is Cc1cc(C[C@@H]2COC[C@@H]2NC(=O)CCc2nc3ccccc3[nH]2)on1. The minimum absolute atomic E-state index is 0.00331. The zero-order valence-corrected chi connectivity index (χ0v) is 14.7. The van der Waals surface area contributed by atoms with E-state index in [4.69, 9.17) is 9.26 Å². The number of nitrogens with one attached hydrogen (secondary N) is 2. The molecular formula is C19H22N4O3. The van der Waals surface area contributed by atoms with Gasteiger partial charge in [0.2, 0.25) is 5.91 Å². The zero-order valence-electron chi connectivity index (χ0n) is 14.7. The molecule has 1 aliphatic heterocycles. The van der Waals surface area contributed by atoms with Crippen LogP contribution in [0.5, 0.6) is 0 Å². The van der Waals surface area contributed by atoms with Gasteiger partial charge in [0.15, 0.2) is 0 Å². The molecule has 0 unspecified atom stereocenters. The third-order valence-corrected chi connectivity index (χ3v) is 4.71. The smallest absolute Gasteiger partial charge is 0.220 e. The quantitative estimate of drug-likeness (QED) is 0.708. The molecule has 7 nitrogen and oxygen atoms in total. The highest BCUT2D eigenvalue weighted by Gasteiger charge is 2.30. The summed E-state index contributed by atoms with van der Waals surface area (Å²) in [4.78, 5) is 20.1. The number of rotatable bonds is 6. The van der Waals surface area contributed by atoms with Crippen LogP contribution in [0.3, 0.4) is 0 Å². The van der Waals surface area contributed by atoms with E-state index in [2.05, 4.69) is 20.4 Å². The molecule has 1 amide bonds. The summed E-state index contributed by atoms with van der Waals surface area (Å²) >= 11 is 0. The fraction of sp³-hybridized carbons (Fsp3) is 0.421. The standard InChI is InChI=1S/C19H22N4O3/c1-12-8-14(26-23-12)9-13-10-25-11-17(13)22-19(24)7-6-18-20-15-4-2-3-5-16(15)21-18/h2-5,8,13,17H,6-7,9-11H2,1H3,(H,20,21)(H,22,24)/t13-,17+/m1/s1. The third kappa shape index (κ3) is 3.77. The van der Waals surface area contributed by atoms with Crippen LogP contribution >= 0.6 is 0 Å². The summed E-state index contributed by atoms with van der Waals surface area (Å²) in [6, 6.07) is 9.80. The Labute approximate surface area is 151 Å². The fourth-order valence-corrected chi connectivity index (χ4v) is 3.37. The lowest BCUT2D eigenvalue weighted by molar-refractivity contribution is -0.122. The van der Waals surface area contributed by atoms with Crippen molar-refractivity contribution in [2.75, 3.05) is 13.2 Å². The summed E-state index contributed by atoms with van der Waals surface area (Å²) in [7, 11) is 0. The molecule has 136 valence electrons. The van der Waals surface area contributed by atoms with Crippen LogP contribution < -0.4 is 5.32 Å². The molecule has 1 aromatic carbocycles. The second-order valence-electron chi connectivity index (χ2n) is 6.81. The maximum atomic E-state index is 12.3. The lowest BCUT2D eigenvalue weighted by Gasteiger charge is -2.17. The molecule has 1 aliphatic rings. The number of para-hydroxylation sites is 2. The molecule has 2 atom stereocenters. The monoisotopic (exact) mass is 354 g/mol. The van der Waals surface area contributed by atoms with Crippen LogP contribution in [-0.4, -0.2) is 40.3 Å². The molecule has 0 spiro atoms. The number of hydrogen-bond acceptors (Lipinski definition) is 5. The van der Waals surface area contributed by atoms with Gasteiger partial charge in [-0.15, -0.1) is 0 Å². The molecule has 3 heterocycles. The summed E-state index contributed by atoms with van der Waals surface area (Å²) in [6.07, 6.45) is 1.69. The first-order chi connectivity index (χ1) is 12.7. The van der Waals surface area contributed by atoms with E-state index in [9.17, 15) is 4.79 Å². The summed E-state index contributed by atoms with van der Waals surface area (Å²) in [5.41, 5.74) is 2.79. The number of H-pyrrole nitrogens is 1. The minimum Gasteiger partial charge on any atom is -0.379 e. The number of amides is 1. The molecule has 0 aliphatic carbocycles. The number of nitrogens with zero attached hydrogens (tertiary/aromatic N) is 2. The summed E-state index contributed by atoms with van der Waals surface area (Å²) in [5.74, 6) is 1.88. The van der Waals surface area contributed by atoms with Gasteiger partial charge in [-0.05, 0) is 19.1 Å². The molecule has 0 bridgehead atoms. The molecule has 7 heteroatoms. The van der Waals surface area contributed by atoms with Crippen molar-refractivity contribution >= 4 is 16.9 Å². The van der Waals surface area contributed by atoms with E-state index in [-0.39, 0.29) is 17.9 Å². The van der Waals surface area contributed by atoms with Gasteiger partial charge in [-0.1, -0.05) is 17.3 Å². The van der Waals surface area contributed by atoms with E-state index >= 15 is 0 Å². The maximum absolute atomic E-state index is 12.3. The Kier molecular flexibility index (Phi) is 4.71. The average Bonchev–Trinajstić information content (AvgIpc) is 3.34. The third-order valence-electron chi connectivity index (χ3n) is 4.71. The Balaban J connectivity index is 1.30. The molecule has 26 heavy (non-hydrogen) atoms. The molecule has 1 saturated heterocycles. The van der Waals surface area contributed by atoms with Crippen molar-refractivity contribution in [3.8, 4) is 0 Å². The molecule has 0 radical (unpaired) electrons. The summed E-state index contributed by atoms with van der Waals surface area (Å²) in [6.45, 7) is 3.05. The molecule has 0 saturated carbocycles. The van der Waals surface area contributed by atoms with Crippen molar-refractivity contribution in [1.82, 2.24) is 20.4 Å².